The number of aliphatic carboxylic acids is 1. The smallest absolute Gasteiger partial charge is 0.325 e. The summed E-state index contributed by atoms with van der Waals surface area (Å²) in [5, 5.41) is 11.1. The molecule has 0 aliphatic carbocycles. The summed E-state index contributed by atoms with van der Waals surface area (Å²) in [4.78, 5) is 22.8. The number of hydrogen-bond donors (Lipinski definition) is 2. The maximum absolute atomic E-state index is 12.1. The van der Waals surface area contributed by atoms with Crippen molar-refractivity contribution in [1.29, 1.82) is 0 Å². The van der Waals surface area contributed by atoms with Gasteiger partial charge in [-0.25, -0.2) is 12.7 Å². The number of carboxylic acid groups (broad SMARTS) is 1. The summed E-state index contributed by atoms with van der Waals surface area (Å²) in [6, 6.07) is 2.69. The molecule has 0 aliphatic rings. The number of ether oxygens (including phenoxy) is 1. The number of carboxylic acids is 1. The van der Waals surface area contributed by atoms with Gasteiger partial charge in [-0.05, 0) is 25.1 Å². The van der Waals surface area contributed by atoms with Gasteiger partial charge in [0.15, 0.2) is 0 Å². The van der Waals surface area contributed by atoms with Crippen LogP contribution in [0.5, 0.6) is 5.75 Å². The van der Waals surface area contributed by atoms with E-state index in [1.54, 1.807) is 0 Å². The van der Waals surface area contributed by atoms with Gasteiger partial charge in [0.2, 0.25) is 10.0 Å². The van der Waals surface area contributed by atoms with Crippen LogP contribution in [-0.4, -0.2) is 57.0 Å². The Balaban J connectivity index is 3.28. The molecule has 2 N–H and O–H groups in total. The van der Waals surface area contributed by atoms with Crippen LogP contribution in [0.4, 0.5) is 0 Å². The lowest BCUT2D eigenvalue weighted by Crippen LogP contribution is -2.38. The molecule has 0 spiro atoms. The van der Waals surface area contributed by atoms with Gasteiger partial charge >= 0.3 is 5.97 Å². The summed E-state index contributed by atoms with van der Waals surface area (Å²) in [6.45, 7) is 1.30. The van der Waals surface area contributed by atoms with E-state index in [0.29, 0.717) is 0 Å². The van der Waals surface area contributed by atoms with Crippen LogP contribution in [0, 0.1) is 0 Å². The first kappa shape index (κ1) is 17.9. The molecule has 0 bridgehead atoms. The van der Waals surface area contributed by atoms with Crippen molar-refractivity contribution in [2.45, 2.75) is 17.9 Å². The Hall–Kier alpha value is -2.13. The maximum atomic E-state index is 12.1. The molecular weight excluding hydrogens is 312 g/mol. The fraction of sp³-hybridized carbons (Fsp3) is 0.385. The summed E-state index contributed by atoms with van der Waals surface area (Å²) in [5.74, 6) is -1.79. The lowest BCUT2D eigenvalue weighted by Gasteiger charge is -2.15. The highest BCUT2D eigenvalue weighted by Gasteiger charge is 2.23. The van der Waals surface area contributed by atoms with Gasteiger partial charge in [-0.1, -0.05) is 0 Å². The van der Waals surface area contributed by atoms with Gasteiger partial charge in [0.1, 0.15) is 11.8 Å². The van der Waals surface area contributed by atoms with Crippen LogP contribution in [0.25, 0.3) is 0 Å². The highest BCUT2D eigenvalue weighted by atomic mass is 32.2. The molecule has 8 nitrogen and oxygen atoms in total. The van der Waals surface area contributed by atoms with E-state index in [4.69, 9.17) is 9.84 Å². The molecule has 0 saturated heterocycles. The molecule has 0 radical (unpaired) electrons. The van der Waals surface area contributed by atoms with E-state index in [9.17, 15) is 18.0 Å². The molecule has 0 saturated carbocycles. The van der Waals surface area contributed by atoms with E-state index in [1.807, 2.05) is 0 Å². The number of methoxy groups -OCH3 is 1. The fourth-order valence-electron chi connectivity index (χ4n) is 1.57. The quantitative estimate of drug-likeness (QED) is 0.767. The number of nitrogens with one attached hydrogen (secondary N) is 1. The standard InChI is InChI=1S/C13H18N2O6S/c1-8(13(17)18)14-12(16)10-7-9(5-6-11(10)21-4)22(19,20)15(2)3/h5-8H,1-4H3,(H,14,16)(H,17,18)/t8-/m1/s1. The molecule has 1 rings (SSSR count). The van der Waals surface area contributed by atoms with Gasteiger partial charge in [-0.3, -0.25) is 9.59 Å². The molecule has 0 aliphatic heterocycles. The molecule has 0 fully saturated rings. The fourth-order valence-corrected chi connectivity index (χ4v) is 2.50. The largest absolute Gasteiger partial charge is 0.496 e. The predicted octanol–water partition coefficient (Wildman–Crippen LogP) is 0.148. The van der Waals surface area contributed by atoms with Crippen molar-refractivity contribution in [1.82, 2.24) is 9.62 Å². The minimum absolute atomic E-state index is 0.0569. The van der Waals surface area contributed by atoms with Gasteiger partial charge in [-0.15, -0.1) is 0 Å². The zero-order chi connectivity index (χ0) is 17.1. The minimum Gasteiger partial charge on any atom is -0.496 e. The van der Waals surface area contributed by atoms with Crippen LogP contribution in [0.2, 0.25) is 0 Å². The molecule has 9 heteroatoms. The number of carbonyl (C=O) groups excluding carboxylic acids is 1. The number of nitrogens with zero attached hydrogens (tertiary/aromatic N) is 1. The van der Waals surface area contributed by atoms with Crippen LogP contribution in [-0.2, 0) is 14.8 Å². The molecule has 0 aromatic heterocycles. The first-order valence-corrected chi connectivity index (χ1v) is 7.69. The third kappa shape index (κ3) is 3.74. The summed E-state index contributed by atoms with van der Waals surface area (Å²) in [6.07, 6.45) is 0. The molecule has 1 atom stereocenters. The predicted molar refractivity (Wildman–Crippen MR) is 78.4 cm³/mol. The van der Waals surface area contributed by atoms with Crippen LogP contribution in [0.15, 0.2) is 23.1 Å². The number of benzene rings is 1. The third-order valence-corrected chi connectivity index (χ3v) is 4.72. The van der Waals surface area contributed by atoms with E-state index in [1.165, 1.54) is 40.3 Å². The van der Waals surface area contributed by atoms with Crippen molar-refractivity contribution in [3.63, 3.8) is 0 Å². The van der Waals surface area contributed by atoms with Crippen molar-refractivity contribution in [3.05, 3.63) is 23.8 Å². The Morgan fingerprint density at radius 1 is 1.32 bits per heavy atom. The zero-order valence-electron chi connectivity index (χ0n) is 12.7. The van der Waals surface area contributed by atoms with Crippen molar-refractivity contribution < 1.29 is 27.9 Å². The lowest BCUT2D eigenvalue weighted by molar-refractivity contribution is -0.138. The summed E-state index contributed by atoms with van der Waals surface area (Å²) >= 11 is 0. The van der Waals surface area contributed by atoms with Crippen LogP contribution >= 0.6 is 0 Å². The van der Waals surface area contributed by atoms with Crippen molar-refractivity contribution >= 4 is 21.9 Å². The highest BCUT2D eigenvalue weighted by molar-refractivity contribution is 7.89. The molecule has 0 heterocycles. The number of hydrogen-bond acceptors (Lipinski definition) is 5. The Morgan fingerprint density at radius 3 is 2.36 bits per heavy atom. The van der Waals surface area contributed by atoms with E-state index in [2.05, 4.69) is 5.32 Å². The normalized spacial score (nSPS) is 12.8. The monoisotopic (exact) mass is 330 g/mol. The topological polar surface area (TPSA) is 113 Å². The first-order valence-electron chi connectivity index (χ1n) is 6.25. The Kier molecular flexibility index (Phi) is 5.50. The van der Waals surface area contributed by atoms with Gasteiger partial charge in [0, 0.05) is 14.1 Å². The zero-order valence-corrected chi connectivity index (χ0v) is 13.5. The molecule has 1 aromatic rings. The molecule has 0 unspecified atom stereocenters. The van der Waals surface area contributed by atoms with Crippen LogP contribution in [0.3, 0.4) is 0 Å². The van der Waals surface area contributed by atoms with Crippen LogP contribution < -0.4 is 10.1 Å². The van der Waals surface area contributed by atoms with E-state index >= 15 is 0 Å². The molecule has 22 heavy (non-hydrogen) atoms. The van der Waals surface area contributed by atoms with Crippen molar-refractivity contribution in [3.8, 4) is 5.75 Å². The summed E-state index contributed by atoms with van der Waals surface area (Å²) in [5.41, 5.74) is -0.0569. The molecule has 122 valence electrons. The average molecular weight is 330 g/mol. The van der Waals surface area contributed by atoms with Crippen molar-refractivity contribution in [2.24, 2.45) is 0 Å². The second-order valence-electron chi connectivity index (χ2n) is 4.68. The minimum atomic E-state index is -3.72. The molecule has 1 aromatic carbocycles. The van der Waals surface area contributed by atoms with E-state index in [-0.39, 0.29) is 16.2 Å². The molecular formula is C13H18N2O6S. The Bertz CT molecular complexity index is 684. The number of carbonyl (C=O) groups is 2. The third-order valence-electron chi connectivity index (χ3n) is 2.91. The number of rotatable bonds is 6. The van der Waals surface area contributed by atoms with Gasteiger partial charge in [0.05, 0.1) is 17.6 Å². The van der Waals surface area contributed by atoms with Gasteiger partial charge in [-0.2, -0.15) is 0 Å². The molecule has 1 amide bonds. The van der Waals surface area contributed by atoms with Crippen LogP contribution in [0.1, 0.15) is 17.3 Å². The maximum Gasteiger partial charge on any atom is 0.325 e. The number of sulfonamides is 1. The second-order valence-corrected chi connectivity index (χ2v) is 6.83. The SMILES string of the molecule is COc1ccc(S(=O)(=O)N(C)C)cc1C(=O)N[C@H](C)C(=O)O. The van der Waals surface area contributed by atoms with E-state index < -0.39 is 27.9 Å². The Morgan fingerprint density at radius 2 is 1.91 bits per heavy atom. The summed E-state index contributed by atoms with van der Waals surface area (Å²) < 4.78 is 30.2. The van der Waals surface area contributed by atoms with E-state index in [0.717, 1.165) is 10.4 Å². The van der Waals surface area contributed by atoms with Crippen molar-refractivity contribution in [2.75, 3.05) is 21.2 Å². The lowest BCUT2D eigenvalue weighted by atomic mass is 10.1. The number of amides is 1. The van der Waals surface area contributed by atoms with Gasteiger partial charge < -0.3 is 15.2 Å². The van der Waals surface area contributed by atoms with Gasteiger partial charge in [0.25, 0.3) is 5.91 Å². The highest BCUT2D eigenvalue weighted by Crippen LogP contribution is 2.23. The summed E-state index contributed by atoms with van der Waals surface area (Å²) in [7, 11) is 0.339. The Labute approximate surface area is 128 Å². The first-order chi connectivity index (χ1) is 10.1. The second kappa shape index (κ2) is 6.75. The average Bonchev–Trinajstić information content (AvgIpc) is 2.45.